The fraction of sp³-hybridized carbons (Fsp3) is 0.533. The van der Waals surface area contributed by atoms with Crippen LogP contribution in [0.25, 0.3) is 0 Å². The fourth-order valence-corrected chi connectivity index (χ4v) is 1.75. The Balaban J connectivity index is 2.10. The standard InChI is InChI=1S/C15H21FN2O2/c1-19-6-7-20-5-3-2-4-18-12-14-8-13(11-17)9-15(16)10-14/h8-10,18H,2-7,12H2,1H3. The molecule has 0 aliphatic heterocycles. The molecule has 5 heteroatoms. The van der Waals surface area contributed by atoms with Gasteiger partial charge in [0.1, 0.15) is 5.82 Å². The Morgan fingerprint density at radius 3 is 2.80 bits per heavy atom. The third kappa shape index (κ3) is 7.19. The first kappa shape index (κ1) is 16.6. The maximum absolute atomic E-state index is 13.2. The van der Waals surface area contributed by atoms with E-state index in [0.717, 1.165) is 31.6 Å². The molecule has 1 aromatic carbocycles. The average molecular weight is 280 g/mol. The third-order valence-corrected chi connectivity index (χ3v) is 2.74. The van der Waals surface area contributed by atoms with Gasteiger partial charge in [0.2, 0.25) is 0 Å². The third-order valence-electron chi connectivity index (χ3n) is 2.74. The van der Waals surface area contributed by atoms with Crippen LogP contribution in [0.1, 0.15) is 24.0 Å². The molecule has 1 N–H and O–H groups in total. The molecule has 20 heavy (non-hydrogen) atoms. The van der Waals surface area contributed by atoms with E-state index in [1.807, 2.05) is 6.07 Å². The Hall–Kier alpha value is -1.48. The molecule has 110 valence electrons. The SMILES string of the molecule is COCCOCCCCNCc1cc(F)cc(C#N)c1. The minimum Gasteiger partial charge on any atom is -0.382 e. The number of methoxy groups -OCH3 is 1. The molecule has 0 saturated carbocycles. The van der Waals surface area contributed by atoms with Crippen LogP contribution in [-0.2, 0) is 16.0 Å². The first-order valence-electron chi connectivity index (χ1n) is 6.73. The lowest BCUT2D eigenvalue weighted by Crippen LogP contribution is -2.15. The van der Waals surface area contributed by atoms with E-state index in [1.165, 1.54) is 12.1 Å². The van der Waals surface area contributed by atoms with E-state index >= 15 is 0 Å². The molecule has 4 nitrogen and oxygen atoms in total. The molecule has 0 aliphatic carbocycles. The van der Waals surface area contributed by atoms with Gasteiger partial charge in [0, 0.05) is 20.3 Å². The zero-order valence-corrected chi connectivity index (χ0v) is 11.8. The molecule has 1 aromatic rings. The summed E-state index contributed by atoms with van der Waals surface area (Å²) in [6.07, 6.45) is 1.97. The van der Waals surface area contributed by atoms with Crippen molar-refractivity contribution in [3.8, 4) is 6.07 Å². The maximum Gasteiger partial charge on any atom is 0.124 e. The van der Waals surface area contributed by atoms with Crippen molar-refractivity contribution in [1.29, 1.82) is 5.26 Å². The molecular weight excluding hydrogens is 259 g/mol. The lowest BCUT2D eigenvalue weighted by atomic mass is 10.1. The second kappa shape index (κ2) is 10.3. The van der Waals surface area contributed by atoms with Crippen LogP contribution in [0.2, 0.25) is 0 Å². The molecule has 0 fully saturated rings. The Morgan fingerprint density at radius 1 is 1.20 bits per heavy atom. The van der Waals surface area contributed by atoms with E-state index in [9.17, 15) is 4.39 Å². The predicted octanol–water partition coefficient (Wildman–Crippen LogP) is 2.23. The van der Waals surface area contributed by atoms with Gasteiger partial charge in [-0.3, -0.25) is 0 Å². The van der Waals surface area contributed by atoms with Crippen molar-refractivity contribution in [2.45, 2.75) is 19.4 Å². The average Bonchev–Trinajstić information content (AvgIpc) is 2.45. The summed E-state index contributed by atoms with van der Waals surface area (Å²) in [4.78, 5) is 0. The predicted molar refractivity (Wildman–Crippen MR) is 74.8 cm³/mol. The highest BCUT2D eigenvalue weighted by molar-refractivity contribution is 5.33. The number of halogens is 1. The van der Waals surface area contributed by atoms with E-state index in [0.29, 0.717) is 25.3 Å². The van der Waals surface area contributed by atoms with Crippen molar-refractivity contribution in [1.82, 2.24) is 5.32 Å². The molecule has 0 amide bonds. The zero-order valence-electron chi connectivity index (χ0n) is 11.8. The first-order valence-corrected chi connectivity index (χ1v) is 6.73. The summed E-state index contributed by atoms with van der Waals surface area (Å²) >= 11 is 0. The van der Waals surface area contributed by atoms with Crippen molar-refractivity contribution >= 4 is 0 Å². The molecule has 0 saturated heterocycles. The molecule has 0 aliphatic rings. The number of benzene rings is 1. The monoisotopic (exact) mass is 280 g/mol. The fourth-order valence-electron chi connectivity index (χ4n) is 1.75. The van der Waals surface area contributed by atoms with Crippen LogP contribution in [-0.4, -0.2) is 33.5 Å². The van der Waals surface area contributed by atoms with Crippen molar-refractivity contribution in [3.05, 3.63) is 35.1 Å². The minimum atomic E-state index is -0.368. The molecule has 0 spiro atoms. The van der Waals surface area contributed by atoms with Crippen molar-refractivity contribution < 1.29 is 13.9 Å². The quantitative estimate of drug-likeness (QED) is 0.668. The van der Waals surface area contributed by atoms with Gasteiger partial charge in [0.05, 0.1) is 24.8 Å². The van der Waals surface area contributed by atoms with Crippen LogP contribution in [0.3, 0.4) is 0 Å². The van der Waals surface area contributed by atoms with E-state index in [-0.39, 0.29) is 5.82 Å². The van der Waals surface area contributed by atoms with Gasteiger partial charge < -0.3 is 14.8 Å². The summed E-state index contributed by atoms with van der Waals surface area (Å²) in [5.74, 6) is -0.368. The second-order valence-electron chi connectivity index (χ2n) is 4.45. The molecule has 0 unspecified atom stereocenters. The number of rotatable bonds is 10. The van der Waals surface area contributed by atoms with Crippen LogP contribution in [0.5, 0.6) is 0 Å². The molecule has 0 aromatic heterocycles. The van der Waals surface area contributed by atoms with Crippen LogP contribution in [0.15, 0.2) is 18.2 Å². The highest BCUT2D eigenvalue weighted by Crippen LogP contribution is 2.08. The Bertz CT molecular complexity index is 432. The molecular formula is C15H21FN2O2. The zero-order chi connectivity index (χ0) is 14.6. The van der Waals surface area contributed by atoms with Gasteiger partial charge in [-0.2, -0.15) is 5.26 Å². The molecule has 0 atom stereocenters. The lowest BCUT2D eigenvalue weighted by molar-refractivity contribution is 0.0688. The van der Waals surface area contributed by atoms with Crippen LogP contribution in [0.4, 0.5) is 4.39 Å². The number of nitrogens with one attached hydrogen (secondary N) is 1. The number of hydrogen-bond acceptors (Lipinski definition) is 4. The van der Waals surface area contributed by atoms with Crippen molar-refractivity contribution in [3.63, 3.8) is 0 Å². The number of nitriles is 1. The lowest BCUT2D eigenvalue weighted by Gasteiger charge is -2.06. The number of ether oxygens (including phenoxy) is 2. The molecule has 0 heterocycles. The molecule has 0 radical (unpaired) electrons. The van der Waals surface area contributed by atoms with E-state index in [4.69, 9.17) is 14.7 Å². The number of unbranched alkanes of at least 4 members (excludes halogenated alkanes) is 1. The van der Waals surface area contributed by atoms with Crippen LogP contribution >= 0.6 is 0 Å². The van der Waals surface area contributed by atoms with Gasteiger partial charge in [0.15, 0.2) is 0 Å². The Labute approximate surface area is 119 Å². The number of nitrogens with zero attached hydrogens (tertiary/aromatic N) is 1. The van der Waals surface area contributed by atoms with Gasteiger partial charge in [-0.25, -0.2) is 4.39 Å². The summed E-state index contributed by atoms with van der Waals surface area (Å²) in [7, 11) is 1.65. The van der Waals surface area contributed by atoms with Gasteiger partial charge in [-0.1, -0.05) is 0 Å². The second-order valence-corrected chi connectivity index (χ2v) is 4.45. The Morgan fingerprint density at radius 2 is 2.05 bits per heavy atom. The number of hydrogen-bond donors (Lipinski definition) is 1. The highest BCUT2D eigenvalue weighted by Gasteiger charge is 2.00. The summed E-state index contributed by atoms with van der Waals surface area (Å²) < 4.78 is 23.4. The van der Waals surface area contributed by atoms with Crippen LogP contribution in [0, 0.1) is 17.1 Å². The Kier molecular flexibility index (Phi) is 8.56. The molecule has 0 bridgehead atoms. The van der Waals surface area contributed by atoms with E-state index in [1.54, 1.807) is 13.2 Å². The van der Waals surface area contributed by atoms with E-state index < -0.39 is 0 Å². The van der Waals surface area contributed by atoms with Gasteiger partial charge in [0.25, 0.3) is 0 Å². The summed E-state index contributed by atoms with van der Waals surface area (Å²) in [5.41, 5.74) is 1.14. The van der Waals surface area contributed by atoms with Crippen LogP contribution < -0.4 is 5.32 Å². The smallest absolute Gasteiger partial charge is 0.124 e. The minimum absolute atomic E-state index is 0.355. The summed E-state index contributed by atoms with van der Waals surface area (Å²) in [5, 5.41) is 12.0. The maximum atomic E-state index is 13.2. The first-order chi connectivity index (χ1) is 9.76. The topological polar surface area (TPSA) is 54.3 Å². The van der Waals surface area contributed by atoms with Gasteiger partial charge >= 0.3 is 0 Å². The highest BCUT2D eigenvalue weighted by atomic mass is 19.1. The normalized spacial score (nSPS) is 10.4. The van der Waals surface area contributed by atoms with Gasteiger partial charge in [-0.05, 0) is 43.1 Å². The summed E-state index contributed by atoms with van der Waals surface area (Å²) in [6, 6.07) is 6.33. The largest absolute Gasteiger partial charge is 0.382 e. The molecule has 1 rings (SSSR count). The van der Waals surface area contributed by atoms with Gasteiger partial charge in [-0.15, -0.1) is 0 Å². The summed E-state index contributed by atoms with van der Waals surface area (Å²) in [6.45, 7) is 3.38. The van der Waals surface area contributed by atoms with Crippen molar-refractivity contribution in [2.75, 3.05) is 33.5 Å². The van der Waals surface area contributed by atoms with E-state index in [2.05, 4.69) is 5.32 Å². The van der Waals surface area contributed by atoms with Crippen molar-refractivity contribution in [2.24, 2.45) is 0 Å².